The maximum atomic E-state index is 13.1. The number of hydrogen-bond donors (Lipinski definition) is 1. The summed E-state index contributed by atoms with van der Waals surface area (Å²) in [5.41, 5.74) is 2.40. The third-order valence-corrected chi connectivity index (χ3v) is 6.51. The molecule has 1 spiro atoms. The molecule has 2 aliphatic rings. The van der Waals surface area contributed by atoms with Crippen molar-refractivity contribution in [3.8, 4) is 5.75 Å². The third kappa shape index (κ3) is 4.44. The van der Waals surface area contributed by atoms with Crippen LogP contribution in [-0.2, 0) is 11.2 Å². The quantitative estimate of drug-likeness (QED) is 0.806. The molecule has 6 heteroatoms. The first-order valence-corrected chi connectivity index (χ1v) is 10.9. The van der Waals surface area contributed by atoms with Crippen molar-refractivity contribution in [2.24, 2.45) is 5.92 Å². The molecule has 6 nitrogen and oxygen atoms in total. The molecule has 2 atom stereocenters. The molecular weight excluding hydrogens is 390 g/mol. The Morgan fingerprint density at radius 1 is 1.19 bits per heavy atom. The van der Waals surface area contributed by atoms with Gasteiger partial charge in [0.25, 0.3) is 5.91 Å². The normalized spacial score (nSPS) is 23.2. The summed E-state index contributed by atoms with van der Waals surface area (Å²) in [6.45, 7) is 4.56. The number of aryl methyl sites for hydroxylation is 2. The lowest BCUT2D eigenvalue weighted by Gasteiger charge is -2.35. The van der Waals surface area contributed by atoms with Crippen molar-refractivity contribution in [3.63, 3.8) is 0 Å². The molecule has 2 aliphatic heterocycles. The Hall–Kier alpha value is -2.86. The number of benzene rings is 2. The maximum absolute atomic E-state index is 13.1. The van der Waals surface area contributed by atoms with Crippen LogP contribution in [0.25, 0.3) is 0 Å². The van der Waals surface area contributed by atoms with E-state index < -0.39 is 5.54 Å². The Morgan fingerprint density at radius 3 is 2.68 bits per heavy atom. The van der Waals surface area contributed by atoms with E-state index in [1.165, 1.54) is 5.56 Å². The Balaban J connectivity index is 1.49. The third-order valence-electron chi connectivity index (χ3n) is 6.51. The van der Waals surface area contributed by atoms with Crippen LogP contribution in [0.15, 0.2) is 48.5 Å². The van der Waals surface area contributed by atoms with Crippen LogP contribution in [0.3, 0.4) is 0 Å². The molecule has 164 valence electrons. The van der Waals surface area contributed by atoms with Gasteiger partial charge in [-0.25, -0.2) is 0 Å². The molecule has 1 saturated heterocycles. The second kappa shape index (κ2) is 8.71. The first-order valence-electron chi connectivity index (χ1n) is 10.9. The smallest absolute Gasteiger partial charge is 0.252 e. The predicted octanol–water partition coefficient (Wildman–Crippen LogP) is 2.51. The number of carbonyl (C=O) groups excluding carboxylic acids is 2. The number of nitrogens with one attached hydrogen (secondary N) is 1. The number of rotatable bonds is 5. The molecule has 0 radical (unpaired) electrons. The second-order valence-electron chi connectivity index (χ2n) is 8.95. The summed E-state index contributed by atoms with van der Waals surface area (Å²) in [6.07, 6.45) is 1.52. The summed E-state index contributed by atoms with van der Waals surface area (Å²) in [7, 11) is 3.57. The highest BCUT2D eigenvalue weighted by molar-refractivity contribution is 5.97. The number of ether oxygens (including phenoxy) is 1. The van der Waals surface area contributed by atoms with Crippen LogP contribution >= 0.6 is 0 Å². The van der Waals surface area contributed by atoms with Gasteiger partial charge in [-0.1, -0.05) is 35.9 Å². The standard InChI is InChI=1S/C25H31N3O3/c1-18-8-10-20(11-9-18)31-15-14-28-16-22(24(30)27(2)3)25(17-28)13-12-19-6-4-5-7-21(19)23(29)26-25/h4-11,22H,12-17H2,1-3H3,(H,26,29)/t22-,25+/m1/s1. The molecule has 2 aromatic carbocycles. The lowest BCUT2D eigenvalue weighted by Crippen LogP contribution is -2.57. The van der Waals surface area contributed by atoms with Crippen molar-refractivity contribution in [3.05, 3.63) is 65.2 Å². The zero-order valence-corrected chi connectivity index (χ0v) is 18.6. The second-order valence-corrected chi connectivity index (χ2v) is 8.95. The van der Waals surface area contributed by atoms with Gasteiger partial charge in [0.2, 0.25) is 5.91 Å². The van der Waals surface area contributed by atoms with Gasteiger partial charge in [-0.15, -0.1) is 0 Å². The minimum absolute atomic E-state index is 0.0632. The molecule has 0 saturated carbocycles. The topological polar surface area (TPSA) is 61.9 Å². The Kier molecular flexibility index (Phi) is 6.01. The lowest BCUT2D eigenvalue weighted by atomic mass is 9.81. The minimum atomic E-state index is -0.568. The first kappa shape index (κ1) is 21.4. The molecule has 1 fully saturated rings. The highest BCUT2D eigenvalue weighted by atomic mass is 16.5. The molecule has 2 aromatic rings. The van der Waals surface area contributed by atoms with Gasteiger partial charge >= 0.3 is 0 Å². The van der Waals surface area contributed by atoms with Crippen molar-refractivity contribution < 1.29 is 14.3 Å². The molecular formula is C25H31N3O3. The fraction of sp³-hybridized carbons (Fsp3) is 0.440. The summed E-state index contributed by atoms with van der Waals surface area (Å²) in [6, 6.07) is 15.8. The zero-order valence-electron chi connectivity index (χ0n) is 18.6. The average Bonchev–Trinajstić information content (AvgIpc) is 3.03. The van der Waals surface area contributed by atoms with E-state index in [0.29, 0.717) is 26.2 Å². The van der Waals surface area contributed by atoms with Crippen LogP contribution in [0, 0.1) is 12.8 Å². The monoisotopic (exact) mass is 421 g/mol. The Morgan fingerprint density at radius 2 is 1.94 bits per heavy atom. The number of hydrogen-bond acceptors (Lipinski definition) is 4. The Bertz CT molecular complexity index is 957. The van der Waals surface area contributed by atoms with Gasteiger partial charge < -0.3 is 15.0 Å². The van der Waals surface area contributed by atoms with Gasteiger partial charge in [-0.05, 0) is 43.5 Å². The number of fused-ring (bicyclic) bond motifs is 1. The Labute approximate surface area is 184 Å². The minimum Gasteiger partial charge on any atom is -0.492 e. The number of amides is 2. The summed E-state index contributed by atoms with van der Waals surface area (Å²) >= 11 is 0. The van der Waals surface area contributed by atoms with Crippen molar-refractivity contribution in [1.29, 1.82) is 0 Å². The lowest BCUT2D eigenvalue weighted by molar-refractivity contribution is -0.134. The van der Waals surface area contributed by atoms with E-state index in [1.807, 2.05) is 48.5 Å². The summed E-state index contributed by atoms with van der Waals surface area (Å²) in [4.78, 5) is 30.0. The van der Waals surface area contributed by atoms with E-state index in [-0.39, 0.29) is 17.7 Å². The van der Waals surface area contributed by atoms with Gasteiger partial charge in [0.15, 0.2) is 0 Å². The van der Waals surface area contributed by atoms with Crippen molar-refractivity contribution in [2.75, 3.05) is 40.3 Å². The van der Waals surface area contributed by atoms with Gasteiger partial charge in [-0.3, -0.25) is 14.5 Å². The number of carbonyl (C=O) groups is 2. The summed E-state index contributed by atoms with van der Waals surface area (Å²) in [5, 5.41) is 3.27. The van der Waals surface area contributed by atoms with Crippen molar-refractivity contribution in [1.82, 2.24) is 15.1 Å². The van der Waals surface area contributed by atoms with E-state index in [4.69, 9.17) is 4.74 Å². The van der Waals surface area contributed by atoms with Gasteiger partial charge in [0.1, 0.15) is 12.4 Å². The molecule has 31 heavy (non-hydrogen) atoms. The van der Waals surface area contributed by atoms with Gasteiger partial charge in [-0.2, -0.15) is 0 Å². The number of nitrogens with zero attached hydrogens (tertiary/aromatic N) is 2. The van der Waals surface area contributed by atoms with Crippen LogP contribution in [-0.4, -0.2) is 67.5 Å². The van der Waals surface area contributed by atoms with E-state index in [9.17, 15) is 9.59 Å². The van der Waals surface area contributed by atoms with E-state index >= 15 is 0 Å². The van der Waals surface area contributed by atoms with E-state index in [1.54, 1.807) is 19.0 Å². The van der Waals surface area contributed by atoms with Crippen LogP contribution in [0.5, 0.6) is 5.75 Å². The molecule has 0 unspecified atom stereocenters. The molecule has 2 heterocycles. The molecule has 0 aromatic heterocycles. The maximum Gasteiger partial charge on any atom is 0.252 e. The predicted molar refractivity (Wildman–Crippen MR) is 120 cm³/mol. The van der Waals surface area contributed by atoms with Gasteiger partial charge in [0.05, 0.1) is 11.5 Å². The van der Waals surface area contributed by atoms with Gasteiger partial charge in [0, 0.05) is 39.3 Å². The molecule has 0 aliphatic carbocycles. The van der Waals surface area contributed by atoms with Crippen molar-refractivity contribution >= 4 is 11.8 Å². The summed E-state index contributed by atoms with van der Waals surface area (Å²) < 4.78 is 5.91. The van der Waals surface area contributed by atoms with E-state index in [2.05, 4.69) is 17.1 Å². The molecule has 0 bridgehead atoms. The molecule has 2 amide bonds. The van der Waals surface area contributed by atoms with Crippen LogP contribution in [0.4, 0.5) is 0 Å². The zero-order chi connectivity index (χ0) is 22.0. The highest BCUT2D eigenvalue weighted by Gasteiger charge is 2.52. The fourth-order valence-corrected chi connectivity index (χ4v) is 4.78. The SMILES string of the molecule is Cc1ccc(OCCN2C[C@H](C(=O)N(C)C)[C@]3(CCc4ccccc4C(=O)N3)C2)cc1. The van der Waals surface area contributed by atoms with Crippen LogP contribution in [0.2, 0.25) is 0 Å². The average molecular weight is 422 g/mol. The van der Waals surface area contributed by atoms with Crippen LogP contribution in [0.1, 0.15) is 27.9 Å². The van der Waals surface area contributed by atoms with Crippen LogP contribution < -0.4 is 10.1 Å². The highest BCUT2D eigenvalue weighted by Crippen LogP contribution is 2.36. The summed E-state index contributed by atoms with van der Waals surface area (Å²) in [5.74, 6) is 0.550. The first-order chi connectivity index (χ1) is 14.9. The molecule has 4 rings (SSSR count). The number of likely N-dealkylation sites (tertiary alicyclic amines) is 1. The largest absolute Gasteiger partial charge is 0.492 e. The molecule has 1 N–H and O–H groups in total. The van der Waals surface area contributed by atoms with E-state index in [0.717, 1.165) is 29.7 Å². The van der Waals surface area contributed by atoms with Crippen molar-refractivity contribution in [2.45, 2.75) is 25.3 Å². The fourth-order valence-electron chi connectivity index (χ4n) is 4.78.